The molecule has 3 rings (SSSR count). The Balaban J connectivity index is 1.52. The van der Waals surface area contributed by atoms with Gasteiger partial charge in [-0.25, -0.2) is 0 Å². The van der Waals surface area contributed by atoms with Gasteiger partial charge in [-0.1, -0.05) is 61.4 Å². The normalized spacial score (nSPS) is 19.3. The van der Waals surface area contributed by atoms with Crippen LogP contribution in [0.2, 0.25) is 0 Å². The van der Waals surface area contributed by atoms with Crippen molar-refractivity contribution in [1.82, 2.24) is 5.32 Å². The fourth-order valence-corrected chi connectivity index (χ4v) is 5.07. The minimum atomic E-state index is -0.777. The smallest absolute Gasteiger partial charge is 0.303 e. The summed E-state index contributed by atoms with van der Waals surface area (Å²) in [5, 5.41) is 30.1. The van der Waals surface area contributed by atoms with Gasteiger partial charge in [0, 0.05) is 42.9 Å². The Hall–Kier alpha value is -2.43. The molecule has 0 unspecified atom stereocenters. The van der Waals surface area contributed by atoms with Crippen LogP contribution in [0.3, 0.4) is 0 Å². The van der Waals surface area contributed by atoms with Crippen molar-refractivity contribution in [1.29, 1.82) is 0 Å². The average Bonchev–Trinajstić information content (AvgIpc) is 2.94. The number of aliphatic hydroxyl groups is 2. The highest BCUT2D eigenvalue weighted by Gasteiger charge is 2.32. The third-order valence-electron chi connectivity index (χ3n) is 6.44. The lowest BCUT2D eigenvalue weighted by Gasteiger charge is -2.36. The molecule has 1 aliphatic heterocycles. The summed E-state index contributed by atoms with van der Waals surface area (Å²) in [7, 11) is 0. The molecule has 0 radical (unpaired) electrons. The number of carbonyl (C=O) groups is 2. The van der Waals surface area contributed by atoms with Crippen molar-refractivity contribution in [3.8, 4) is 0 Å². The second-order valence-corrected chi connectivity index (χ2v) is 10.6. The number of nitrogens with one attached hydrogen (secondary N) is 1. The molecule has 0 aliphatic carbocycles. The van der Waals surface area contributed by atoms with Gasteiger partial charge < -0.3 is 30.1 Å². The minimum absolute atomic E-state index is 0.000629. The molecule has 0 saturated carbocycles. The van der Waals surface area contributed by atoms with Gasteiger partial charge in [0.05, 0.1) is 25.4 Å². The number of carbonyl (C=O) groups excluding carboxylic acids is 1. The molecule has 0 spiro atoms. The molecule has 1 fully saturated rings. The number of aliphatic hydroxyl groups excluding tert-OH is 2. The van der Waals surface area contributed by atoms with Gasteiger partial charge in [0.15, 0.2) is 6.29 Å². The first kappa shape index (κ1) is 30.1. The van der Waals surface area contributed by atoms with Crippen molar-refractivity contribution in [2.45, 2.75) is 76.6 Å². The number of ether oxygens (including phenoxy) is 2. The van der Waals surface area contributed by atoms with Gasteiger partial charge in [-0.2, -0.15) is 11.8 Å². The van der Waals surface area contributed by atoms with Gasteiger partial charge in [-0.05, 0) is 29.5 Å². The van der Waals surface area contributed by atoms with Crippen molar-refractivity contribution in [3.05, 3.63) is 70.8 Å². The third-order valence-corrected chi connectivity index (χ3v) is 7.52. The van der Waals surface area contributed by atoms with Gasteiger partial charge in [0.2, 0.25) is 5.91 Å². The predicted octanol–water partition coefficient (Wildman–Crippen LogP) is 4.49. The fraction of sp³-hybridized carbons (Fsp3) is 0.517. The third kappa shape index (κ3) is 10.4. The summed E-state index contributed by atoms with van der Waals surface area (Å²) < 4.78 is 12.6. The summed E-state index contributed by atoms with van der Waals surface area (Å²) >= 11 is 1.65. The minimum Gasteiger partial charge on any atom is -0.481 e. The molecular formula is C29H39NO7S. The van der Waals surface area contributed by atoms with Crippen LogP contribution in [0.15, 0.2) is 48.5 Å². The topological polar surface area (TPSA) is 125 Å². The predicted molar refractivity (Wildman–Crippen MR) is 146 cm³/mol. The number of carboxylic acids is 1. The van der Waals surface area contributed by atoms with Gasteiger partial charge in [0.1, 0.15) is 0 Å². The van der Waals surface area contributed by atoms with Crippen LogP contribution in [0.5, 0.6) is 0 Å². The van der Waals surface area contributed by atoms with E-state index in [2.05, 4.69) is 5.32 Å². The molecule has 0 aromatic heterocycles. The average molecular weight is 546 g/mol. The first-order valence-corrected chi connectivity index (χ1v) is 14.4. The molecule has 3 atom stereocenters. The van der Waals surface area contributed by atoms with E-state index in [0.717, 1.165) is 47.3 Å². The van der Waals surface area contributed by atoms with E-state index in [4.69, 9.17) is 19.7 Å². The quantitative estimate of drug-likeness (QED) is 0.227. The van der Waals surface area contributed by atoms with E-state index in [-0.39, 0.29) is 37.7 Å². The van der Waals surface area contributed by atoms with Crippen molar-refractivity contribution < 1.29 is 34.4 Å². The molecule has 9 heteroatoms. The lowest BCUT2D eigenvalue weighted by atomic mass is 10.0. The SMILES string of the molecule is O=C(O)CCCCCCC(=O)NCc1ccc([C@@H]2O[C@H](CSCCO)C[C@H](c3ccc(CO)cc3)O2)cc1. The second-order valence-electron chi connectivity index (χ2n) is 9.47. The zero-order chi connectivity index (χ0) is 27.2. The maximum Gasteiger partial charge on any atom is 0.303 e. The standard InChI is InChI=1S/C29H39NO7S/c31-15-16-38-20-25-17-26(23-11-9-22(19-32)10-12-23)37-29(36-25)24-13-7-21(8-14-24)18-30-27(33)5-3-1-2-4-6-28(34)35/h7-14,25-26,29,31-32H,1-6,15-20H2,(H,30,33)(H,34,35)/t25-,26+,29+/m0/s1. The number of hydrogen-bond acceptors (Lipinski definition) is 7. The first-order valence-electron chi connectivity index (χ1n) is 13.2. The number of unbranched alkanes of at least 4 members (excludes halogenated alkanes) is 3. The van der Waals surface area contributed by atoms with Gasteiger partial charge in [-0.3, -0.25) is 9.59 Å². The van der Waals surface area contributed by atoms with Crippen molar-refractivity contribution in [2.75, 3.05) is 18.1 Å². The van der Waals surface area contributed by atoms with Crippen molar-refractivity contribution in [3.63, 3.8) is 0 Å². The van der Waals surface area contributed by atoms with Crippen LogP contribution in [0, 0.1) is 0 Å². The molecule has 8 nitrogen and oxygen atoms in total. The number of amides is 1. The summed E-state index contributed by atoms with van der Waals surface area (Å²) in [5.74, 6) is 0.631. The van der Waals surface area contributed by atoms with Crippen LogP contribution in [0.4, 0.5) is 0 Å². The molecule has 1 saturated heterocycles. The summed E-state index contributed by atoms with van der Waals surface area (Å²) in [6.45, 7) is 0.568. The Morgan fingerprint density at radius 2 is 1.53 bits per heavy atom. The van der Waals surface area contributed by atoms with E-state index < -0.39 is 12.3 Å². The van der Waals surface area contributed by atoms with Crippen LogP contribution in [-0.2, 0) is 32.2 Å². The number of benzene rings is 2. The molecule has 1 heterocycles. The highest BCUT2D eigenvalue weighted by atomic mass is 32.2. The summed E-state index contributed by atoms with van der Waals surface area (Å²) in [4.78, 5) is 22.7. The van der Waals surface area contributed by atoms with Crippen LogP contribution >= 0.6 is 11.8 Å². The number of carboxylic acid groups (broad SMARTS) is 1. The zero-order valence-electron chi connectivity index (χ0n) is 21.7. The number of rotatable bonds is 16. The molecule has 208 valence electrons. The molecule has 38 heavy (non-hydrogen) atoms. The molecule has 0 bridgehead atoms. The molecule has 1 aliphatic rings. The van der Waals surface area contributed by atoms with E-state index in [1.165, 1.54) is 0 Å². The van der Waals surface area contributed by atoms with Crippen LogP contribution < -0.4 is 5.32 Å². The second kappa shape index (κ2) is 16.5. The van der Waals surface area contributed by atoms with Gasteiger partial charge >= 0.3 is 5.97 Å². The molecule has 1 amide bonds. The Morgan fingerprint density at radius 3 is 2.18 bits per heavy atom. The summed E-state index contributed by atoms with van der Waals surface area (Å²) in [6.07, 6.45) is 3.68. The van der Waals surface area contributed by atoms with Crippen LogP contribution in [0.25, 0.3) is 0 Å². The highest BCUT2D eigenvalue weighted by molar-refractivity contribution is 7.99. The van der Waals surface area contributed by atoms with E-state index >= 15 is 0 Å². The Bertz CT molecular complexity index is 983. The maximum atomic E-state index is 12.2. The Kier molecular flexibility index (Phi) is 13.1. The van der Waals surface area contributed by atoms with E-state index in [1.54, 1.807) is 11.8 Å². The van der Waals surface area contributed by atoms with Crippen LogP contribution in [-0.4, -0.2) is 51.4 Å². The number of aliphatic carboxylic acids is 1. The summed E-state index contributed by atoms with van der Waals surface area (Å²) in [5.41, 5.74) is 3.76. The number of thioether (sulfide) groups is 1. The van der Waals surface area contributed by atoms with Gasteiger partial charge in [0.25, 0.3) is 0 Å². The monoisotopic (exact) mass is 545 g/mol. The Morgan fingerprint density at radius 1 is 0.868 bits per heavy atom. The van der Waals surface area contributed by atoms with E-state index in [9.17, 15) is 14.7 Å². The first-order chi connectivity index (χ1) is 18.5. The van der Waals surface area contributed by atoms with Gasteiger partial charge in [-0.15, -0.1) is 0 Å². The van der Waals surface area contributed by atoms with Crippen molar-refractivity contribution in [2.24, 2.45) is 0 Å². The number of hydrogen-bond donors (Lipinski definition) is 4. The molecular weight excluding hydrogens is 506 g/mol. The lowest BCUT2D eigenvalue weighted by molar-refractivity contribution is -0.245. The fourth-order valence-electron chi connectivity index (χ4n) is 4.30. The largest absolute Gasteiger partial charge is 0.481 e. The van der Waals surface area contributed by atoms with Crippen molar-refractivity contribution >= 4 is 23.6 Å². The van der Waals surface area contributed by atoms with E-state index in [0.29, 0.717) is 31.6 Å². The molecule has 2 aromatic carbocycles. The maximum absolute atomic E-state index is 12.2. The Labute approximate surface area is 228 Å². The molecule has 2 aromatic rings. The zero-order valence-corrected chi connectivity index (χ0v) is 22.5. The van der Waals surface area contributed by atoms with E-state index in [1.807, 2.05) is 48.5 Å². The molecule has 4 N–H and O–H groups in total. The summed E-state index contributed by atoms with van der Waals surface area (Å²) in [6, 6.07) is 15.6. The van der Waals surface area contributed by atoms with Crippen LogP contribution in [0.1, 0.15) is 79.6 Å². The highest BCUT2D eigenvalue weighted by Crippen LogP contribution is 2.38. The lowest BCUT2D eigenvalue weighted by Crippen LogP contribution is -2.31.